The number of aromatic carboxylic acids is 1. The minimum Gasteiger partial charge on any atom is -0.478 e. The van der Waals surface area contributed by atoms with E-state index in [-0.39, 0.29) is 11.5 Å². The molecule has 2 aromatic rings. The summed E-state index contributed by atoms with van der Waals surface area (Å²) in [4.78, 5) is 28.0. The van der Waals surface area contributed by atoms with Crippen molar-refractivity contribution in [2.24, 2.45) is 0 Å². The predicted molar refractivity (Wildman–Crippen MR) is 72.9 cm³/mol. The average Bonchev–Trinajstić information content (AvgIpc) is 2.87. The Hall–Kier alpha value is -2.57. The SMILES string of the molecule is CNC(=O)CCN(C)c1nc2ccc(C(=O)O)cc2o1. The Kier molecular flexibility index (Phi) is 3.88. The third-order valence-corrected chi connectivity index (χ3v) is 2.90. The zero-order valence-electron chi connectivity index (χ0n) is 11.2. The lowest BCUT2D eigenvalue weighted by molar-refractivity contribution is -0.120. The number of anilines is 1. The van der Waals surface area contributed by atoms with Crippen LogP contribution >= 0.6 is 0 Å². The molecule has 7 heteroatoms. The van der Waals surface area contributed by atoms with Crippen LogP contribution in [0.25, 0.3) is 11.1 Å². The van der Waals surface area contributed by atoms with Crippen LogP contribution in [0.3, 0.4) is 0 Å². The van der Waals surface area contributed by atoms with E-state index in [2.05, 4.69) is 10.3 Å². The number of oxazole rings is 1. The molecule has 0 aliphatic heterocycles. The van der Waals surface area contributed by atoms with Crippen molar-refractivity contribution in [3.05, 3.63) is 23.8 Å². The maximum absolute atomic E-state index is 11.2. The fourth-order valence-corrected chi connectivity index (χ4v) is 1.70. The third-order valence-electron chi connectivity index (χ3n) is 2.90. The zero-order chi connectivity index (χ0) is 14.7. The number of fused-ring (bicyclic) bond motifs is 1. The molecule has 0 radical (unpaired) electrons. The normalized spacial score (nSPS) is 10.5. The number of hydrogen-bond donors (Lipinski definition) is 2. The summed E-state index contributed by atoms with van der Waals surface area (Å²) in [6.45, 7) is 0.457. The molecule has 1 amide bonds. The molecule has 0 spiro atoms. The number of rotatable bonds is 5. The van der Waals surface area contributed by atoms with Gasteiger partial charge in [-0.3, -0.25) is 4.79 Å². The summed E-state index contributed by atoms with van der Waals surface area (Å²) < 4.78 is 5.51. The zero-order valence-corrected chi connectivity index (χ0v) is 11.2. The van der Waals surface area contributed by atoms with Crippen LogP contribution in [0.15, 0.2) is 22.6 Å². The number of carboxylic acid groups (broad SMARTS) is 1. The van der Waals surface area contributed by atoms with Gasteiger partial charge in [-0.15, -0.1) is 0 Å². The number of carbonyl (C=O) groups is 2. The molecule has 20 heavy (non-hydrogen) atoms. The van der Waals surface area contributed by atoms with Gasteiger partial charge in [0.25, 0.3) is 6.01 Å². The van der Waals surface area contributed by atoms with Crippen LogP contribution in [0, 0.1) is 0 Å². The Balaban J connectivity index is 2.18. The van der Waals surface area contributed by atoms with Crippen molar-refractivity contribution in [2.45, 2.75) is 6.42 Å². The van der Waals surface area contributed by atoms with Gasteiger partial charge in [-0.25, -0.2) is 4.79 Å². The van der Waals surface area contributed by atoms with E-state index in [0.717, 1.165) is 0 Å². The lowest BCUT2D eigenvalue weighted by Crippen LogP contribution is -2.26. The van der Waals surface area contributed by atoms with E-state index in [4.69, 9.17) is 9.52 Å². The van der Waals surface area contributed by atoms with E-state index in [1.807, 2.05) is 0 Å². The quantitative estimate of drug-likeness (QED) is 0.849. The van der Waals surface area contributed by atoms with E-state index >= 15 is 0 Å². The minimum atomic E-state index is -1.02. The number of amides is 1. The summed E-state index contributed by atoms with van der Waals surface area (Å²) in [5.41, 5.74) is 1.14. The van der Waals surface area contributed by atoms with E-state index in [1.165, 1.54) is 12.1 Å². The smallest absolute Gasteiger partial charge is 0.335 e. The second-order valence-electron chi connectivity index (χ2n) is 4.33. The van der Waals surface area contributed by atoms with Gasteiger partial charge in [-0.2, -0.15) is 4.98 Å². The Morgan fingerprint density at radius 3 is 2.85 bits per heavy atom. The maximum atomic E-state index is 11.2. The maximum Gasteiger partial charge on any atom is 0.335 e. The van der Waals surface area contributed by atoms with Crippen LogP contribution in [0.5, 0.6) is 0 Å². The van der Waals surface area contributed by atoms with Crippen molar-refractivity contribution < 1.29 is 19.1 Å². The summed E-state index contributed by atoms with van der Waals surface area (Å²) in [5.74, 6) is -1.08. The average molecular weight is 277 g/mol. The van der Waals surface area contributed by atoms with E-state index in [1.54, 1.807) is 25.1 Å². The van der Waals surface area contributed by atoms with E-state index < -0.39 is 5.97 Å². The molecule has 0 bridgehead atoms. The van der Waals surface area contributed by atoms with Crippen LogP contribution in [-0.4, -0.2) is 42.6 Å². The molecule has 7 nitrogen and oxygen atoms in total. The number of carbonyl (C=O) groups excluding carboxylic acids is 1. The van der Waals surface area contributed by atoms with Gasteiger partial charge in [-0.1, -0.05) is 0 Å². The largest absolute Gasteiger partial charge is 0.478 e. The first-order valence-corrected chi connectivity index (χ1v) is 6.07. The summed E-state index contributed by atoms with van der Waals surface area (Å²) in [7, 11) is 3.33. The Labute approximate surface area is 115 Å². The van der Waals surface area contributed by atoms with Crippen molar-refractivity contribution in [1.29, 1.82) is 0 Å². The Morgan fingerprint density at radius 2 is 2.20 bits per heavy atom. The number of benzene rings is 1. The first kappa shape index (κ1) is 13.9. The number of hydrogen-bond acceptors (Lipinski definition) is 5. The van der Waals surface area contributed by atoms with Gasteiger partial charge in [0.15, 0.2) is 5.58 Å². The molecule has 0 saturated heterocycles. The third kappa shape index (κ3) is 2.87. The molecule has 1 aromatic carbocycles. The lowest BCUT2D eigenvalue weighted by atomic mass is 10.2. The first-order valence-electron chi connectivity index (χ1n) is 6.07. The second kappa shape index (κ2) is 5.60. The van der Waals surface area contributed by atoms with Gasteiger partial charge in [0.1, 0.15) is 5.52 Å². The van der Waals surface area contributed by atoms with Crippen molar-refractivity contribution >= 4 is 29.0 Å². The van der Waals surface area contributed by atoms with E-state index in [0.29, 0.717) is 30.1 Å². The Bertz CT molecular complexity index is 650. The van der Waals surface area contributed by atoms with Crippen molar-refractivity contribution in [2.75, 3.05) is 25.5 Å². The lowest BCUT2D eigenvalue weighted by Gasteiger charge is -2.12. The van der Waals surface area contributed by atoms with Gasteiger partial charge in [0.2, 0.25) is 5.91 Å². The highest BCUT2D eigenvalue weighted by molar-refractivity contribution is 5.92. The molecule has 1 aromatic heterocycles. The number of aromatic nitrogens is 1. The van der Waals surface area contributed by atoms with Gasteiger partial charge in [0.05, 0.1) is 5.56 Å². The van der Waals surface area contributed by atoms with E-state index in [9.17, 15) is 9.59 Å². The fraction of sp³-hybridized carbons (Fsp3) is 0.308. The highest BCUT2D eigenvalue weighted by Gasteiger charge is 2.13. The standard InChI is InChI=1S/C13H15N3O4/c1-14-11(17)5-6-16(2)13-15-9-4-3-8(12(18)19)7-10(9)20-13/h3-4,7H,5-6H2,1-2H3,(H,14,17)(H,18,19). The topological polar surface area (TPSA) is 95.7 Å². The molecule has 0 aliphatic rings. The Morgan fingerprint density at radius 1 is 1.45 bits per heavy atom. The summed E-state index contributed by atoms with van der Waals surface area (Å²) in [6, 6.07) is 4.85. The monoisotopic (exact) mass is 277 g/mol. The van der Waals surface area contributed by atoms with Crippen LogP contribution in [0.1, 0.15) is 16.8 Å². The van der Waals surface area contributed by atoms with Gasteiger partial charge in [-0.05, 0) is 18.2 Å². The summed E-state index contributed by atoms with van der Waals surface area (Å²) >= 11 is 0. The van der Waals surface area contributed by atoms with Crippen molar-refractivity contribution in [1.82, 2.24) is 10.3 Å². The van der Waals surface area contributed by atoms with Gasteiger partial charge in [0, 0.05) is 27.1 Å². The molecule has 106 valence electrons. The molecular weight excluding hydrogens is 262 g/mol. The number of carboxylic acids is 1. The highest BCUT2D eigenvalue weighted by atomic mass is 16.4. The second-order valence-corrected chi connectivity index (χ2v) is 4.33. The highest BCUT2D eigenvalue weighted by Crippen LogP contribution is 2.22. The van der Waals surface area contributed by atoms with Gasteiger partial charge < -0.3 is 19.7 Å². The first-order chi connectivity index (χ1) is 9.51. The number of nitrogens with one attached hydrogen (secondary N) is 1. The molecule has 0 unspecified atom stereocenters. The van der Waals surface area contributed by atoms with Crippen LogP contribution in [0.4, 0.5) is 6.01 Å². The molecule has 1 heterocycles. The summed E-state index contributed by atoms with van der Waals surface area (Å²) in [6.07, 6.45) is 0.325. The van der Waals surface area contributed by atoms with Gasteiger partial charge >= 0.3 is 5.97 Å². The molecule has 0 atom stereocenters. The predicted octanol–water partition coefficient (Wildman–Crippen LogP) is 1.10. The van der Waals surface area contributed by atoms with Crippen molar-refractivity contribution in [3.63, 3.8) is 0 Å². The van der Waals surface area contributed by atoms with Crippen molar-refractivity contribution in [3.8, 4) is 0 Å². The molecule has 0 fully saturated rings. The van der Waals surface area contributed by atoms with Crippen LogP contribution in [-0.2, 0) is 4.79 Å². The molecule has 2 rings (SSSR count). The van der Waals surface area contributed by atoms with Crippen LogP contribution < -0.4 is 10.2 Å². The minimum absolute atomic E-state index is 0.0684. The molecule has 0 aliphatic carbocycles. The van der Waals surface area contributed by atoms with Crippen LogP contribution in [0.2, 0.25) is 0 Å². The summed E-state index contributed by atoms with van der Waals surface area (Å²) in [5, 5.41) is 11.5. The molecule has 0 saturated carbocycles. The fourth-order valence-electron chi connectivity index (χ4n) is 1.70. The number of nitrogens with zero attached hydrogens (tertiary/aromatic N) is 2. The molecule has 2 N–H and O–H groups in total. The molecular formula is C13H15N3O4.